The summed E-state index contributed by atoms with van der Waals surface area (Å²) < 4.78 is 12.3. The molecule has 0 heterocycles. The highest BCUT2D eigenvalue weighted by Crippen LogP contribution is 2.49. The zero-order valence-corrected chi connectivity index (χ0v) is 12.7. The minimum atomic E-state index is -0.650. The Morgan fingerprint density at radius 2 is 1.95 bits per heavy atom. The average molecular weight is 327 g/mol. The molecule has 3 nitrogen and oxygen atoms in total. The molecule has 2 aliphatic rings. The van der Waals surface area contributed by atoms with Crippen LogP contribution in [0.4, 0.5) is 0 Å². The number of benzene rings is 1. The van der Waals surface area contributed by atoms with Crippen molar-refractivity contribution in [1.29, 1.82) is 0 Å². The summed E-state index contributed by atoms with van der Waals surface area (Å²) in [5.74, 6) is 1.47. The number of rotatable bonds is 4. The molecule has 19 heavy (non-hydrogen) atoms. The Morgan fingerprint density at radius 1 is 1.26 bits per heavy atom. The summed E-state index contributed by atoms with van der Waals surface area (Å²) in [5, 5.41) is 10.3. The van der Waals surface area contributed by atoms with Gasteiger partial charge in [0.05, 0.1) is 23.3 Å². The first-order chi connectivity index (χ1) is 9.12. The molecule has 0 atom stereocenters. The van der Waals surface area contributed by atoms with Gasteiger partial charge in [-0.15, -0.1) is 0 Å². The number of methoxy groups -OCH3 is 1. The molecule has 2 fully saturated rings. The van der Waals surface area contributed by atoms with Crippen LogP contribution in [0.1, 0.15) is 44.1 Å². The van der Waals surface area contributed by atoms with Crippen LogP contribution in [0.2, 0.25) is 0 Å². The molecule has 3 rings (SSSR count). The lowest BCUT2D eigenvalue weighted by Crippen LogP contribution is -2.13. The minimum Gasteiger partial charge on any atom is -0.492 e. The first-order valence-corrected chi connectivity index (χ1v) is 7.69. The Labute approximate surface area is 122 Å². The topological polar surface area (TPSA) is 38.7 Å². The van der Waals surface area contributed by atoms with Crippen LogP contribution in [0, 0.1) is 0 Å². The largest absolute Gasteiger partial charge is 0.492 e. The van der Waals surface area contributed by atoms with E-state index in [9.17, 15) is 5.11 Å². The quantitative estimate of drug-likeness (QED) is 0.915. The highest BCUT2D eigenvalue weighted by Gasteiger charge is 2.43. The molecule has 0 saturated heterocycles. The molecule has 0 bridgehead atoms. The van der Waals surface area contributed by atoms with E-state index in [0.717, 1.165) is 47.2 Å². The lowest BCUT2D eigenvalue weighted by molar-refractivity contribution is 0.149. The Bertz CT molecular complexity index is 477. The van der Waals surface area contributed by atoms with Crippen LogP contribution in [0.5, 0.6) is 11.5 Å². The van der Waals surface area contributed by atoms with Crippen molar-refractivity contribution in [3.05, 3.63) is 22.2 Å². The van der Waals surface area contributed by atoms with Gasteiger partial charge in [0.1, 0.15) is 0 Å². The van der Waals surface area contributed by atoms with E-state index in [2.05, 4.69) is 15.9 Å². The van der Waals surface area contributed by atoms with Crippen molar-refractivity contribution in [2.75, 3.05) is 7.11 Å². The molecule has 2 saturated carbocycles. The molecule has 0 unspecified atom stereocenters. The molecule has 0 aliphatic heterocycles. The number of halogens is 1. The first-order valence-electron chi connectivity index (χ1n) is 6.89. The second kappa shape index (κ2) is 4.98. The van der Waals surface area contributed by atoms with E-state index in [1.807, 2.05) is 12.1 Å². The van der Waals surface area contributed by atoms with Crippen LogP contribution >= 0.6 is 15.9 Å². The number of ether oxygens (including phenoxy) is 2. The molecule has 0 radical (unpaired) electrons. The molecule has 0 amide bonds. The Kier molecular flexibility index (Phi) is 3.48. The molecular formula is C15H19BrO3. The molecule has 1 aromatic rings. The first kappa shape index (κ1) is 13.3. The molecule has 1 aromatic carbocycles. The molecule has 0 aromatic heterocycles. The fourth-order valence-electron chi connectivity index (χ4n) is 2.72. The summed E-state index contributed by atoms with van der Waals surface area (Å²) >= 11 is 3.51. The van der Waals surface area contributed by atoms with Crippen LogP contribution < -0.4 is 9.47 Å². The standard InChI is InChI=1S/C15H19BrO3/c1-18-14-12(16)8-10(15(17)6-7-15)9-13(14)19-11-4-2-3-5-11/h8-9,11,17H,2-7H2,1H3. The van der Waals surface area contributed by atoms with Crippen LogP contribution in [-0.2, 0) is 5.60 Å². The Balaban J connectivity index is 1.92. The lowest BCUT2D eigenvalue weighted by atomic mass is 10.1. The zero-order chi connectivity index (χ0) is 13.5. The van der Waals surface area contributed by atoms with E-state index < -0.39 is 5.60 Å². The molecular weight excluding hydrogens is 308 g/mol. The summed E-state index contributed by atoms with van der Waals surface area (Å²) in [6.07, 6.45) is 6.62. The van der Waals surface area contributed by atoms with Crippen molar-refractivity contribution in [3.8, 4) is 11.5 Å². The summed E-state index contributed by atoms with van der Waals surface area (Å²) in [6.45, 7) is 0. The second-order valence-electron chi connectivity index (χ2n) is 5.55. The molecule has 104 valence electrons. The monoisotopic (exact) mass is 326 g/mol. The van der Waals surface area contributed by atoms with Crippen LogP contribution in [-0.4, -0.2) is 18.3 Å². The van der Waals surface area contributed by atoms with Gasteiger partial charge in [0, 0.05) is 0 Å². The predicted octanol–water partition coefficient (Wildman–Crippen LogP) is 3.76. The zero-order valence-electron chi connectivity index (χ0n) is 11.1. The summed E-state index contributed by atoms with van der Waals surface area (Å²) in [4.78, 5) is 0. The predicted molar refractivity (Wildman–Crippen MR) is 76.7 cm³/mol. The fourth-order valence-corrected chi connectivity index (χ4v) is 3.32. The van der Waals surface area contributed by atoms with Crippen molar-refractivity contribution in [2.24, 2.45) is 0 Å². The van der Waals surface area contributed by atoms with Gasteiger partial charge < -0.3 is 14.6 Å². The van der Waals surface area contributed by atoms with Gasteiger partial charge in [-0.3, -0.25) is 0 Å². The van der Waals surface area contributed by atoms with Crippen molar-refractivity contribution in [3.63, 3.8) is 0 Å². The van der Waals surface area contributed by atoms with E-state index in [0.29, 0.717) is 0 Å². The number of hydrogen-bond donors (Lipinski definition) is 1. The number of aliphatic hydroxyl groups is 1. The average Bonchev–Trinajstić information content (AvgIpc) is 2.93. The van der Waals surface area contributed by atoms with Crippen LogP contribution in [0.15, 0.2) is 16.6 Å². The van der Waals surface area contributed by atoms with Gasteiger partial charge in [0.15, 0.2) is 11.5 Å². The second-order valence-corrected chi connectivity index (χ2v) is 6.40. The van der Waals surface area contributed by atoms with Gasteiger partial charge in [-0.05, 0) is 72.2 Å². The van der Waals surface area contributed by atoms with E-state index in [1.165, 1.54) is 12.8 Å². The molecule has 0 spiro atoms. The molecule has 1 N–H and O–H groups in total. The molecule has 2 aliphatic carbocycles. The third kappa shape index (κ3) is 2.61. The molecule has 4 heteroatoms. The SMILES string of the molecule is COc1c(Br)cc(C2(O)CC2)cc1OC1CCCC1. The lowest BCUT2D eigenvalue weighted by Gasteiger charge is -2.19. The Hall–Kier alpha value is -0.740. The third-order valence-corrected chi connectivity index (χ3v) is 4.66. The summed E-state index contributed by atoms with van der Waals surface area (Å²) in [6, 6.07) is 3.88. The maximum Gasteiger partial charge on any atom is 0.174 e. The van der Waals surface area contributed by atoms with Crippen molar-refractivity contribution >= 4 is 15.9 Å². The fraction of sp³-hybridized carbons (Fsp3) is 0.600. The van der Waals surface area contributed by atoms with Gasteiger partial charge in [-0.25, -0.2) is 0 Å². The van der Waals surface area contributed by atoms with Gasteiger partial charge >= 0.3 is 0 Å². The highest BCUT2D eigenvalue weighted by atomic mass is 79.9. The van der Waals surface area contributed by atoms with Crippen LogP contribution in [0.25, 0.3) is 0 Å². The summed E-state index contributed by atoms with van der Waals surface area (Å²) in [7, 11) is 1.65. The third-order valence-electron chi connectivity index (χ3n) is 4.07. The van der Waals surface area contributed by atoms with Crippen molar-refractivity contribution in [2.45, 2.75) is 50.2 Å². The normalized spacial score (nSPS) is 21.4. The van der Waals surface area contributed by atoms with Gasteiger partial charge in [-0.1, -0.05) is 0 Å². The summed E-state index contributed by atoms with van der Waals surface area (Å²) in [5.41, 5.74) is 0.274. The van der Waals surface area contributed by atoms with Crippen molar-refractivity contribution in [1.82, 2.24) is 0 Å². The maximum absolute atomic E-state index is 10.3. The van der Waals surface area contributed by atoms with Gasteiger partial charge in [0.2, 0.25) is 0 Å². The van der Waals surface area contributed by atoms with Gasteiger partial charge in [-0.2, -0.15) is 0 Å². The van der Waals surface area contributed by atoms with Crippen LogP contribution in [0.3, 0.4) is 0 Å². The van der Waals surface area contributed by atoms with Crippen molar-refractivity contribution < 1.29 is 14.6 Å². The number of hydrogen-bond acceptors (Lipinski definition) is 3. The minimum absolute atomic E-state index is 0.282. The van der Waals surface area contributed by atoms with Gasteiger partial charge in [0.25, 0.3) is 0 Å². The maximum atomic E-state index is 10.3. The van der Waals surface area contributed by atoms with E-state index in [4.69, 9.17) is 9.47 Å². The smallest absolute Gasteiger partial charge is 0.174 e. The van der Waals surface area contributed by atoms with E-state index >= 15 is 0 Å². The van der Waals surface area contributed by atoms with E-state index in [1.54, 1.807) is 7.11 Å². The Morgan fingerprint density at radius 3 is 2.53 bits per heavy atom. The highest BCUT2D eigenvalue weighted by molar-refractivity contribution is 9.10. The van der Waals surface area contributed by atoms with E-state index in [-0.39, 0.29) is 6.10 Å².